The summed E-state index contributed by atoms with van der Waals surface area (Å²) >= 11 is 0. The molecule has 1 aromatic rings. The lowest BCUT2D eigenvalue weighted by atomic mass is 10.1. The molecule has 6 nitrogen and oxygen atoms in total. The van der Waals surface area contributed by atoms with E-state index in [0.717, 1.165) is 30.5 Å². The summed E-state index contributed by atoms with van der Waals surface area (Å²) in [7, 11) is 1.64. The van der Waals surface area contributed by atoms with Gasteiger partial charge in [-0.25, -0.2) is 4.79 Å². The number of ether oxygens (including phenoxy) is 1. The van der Waals surface area contributed by atoms with E-state index >= 15 is 0 Å². The lowest BCUT2D eigenvalue weighted by molar-refractivity contribution is -0.137. The summed E-state index contributed by atoms with van der Waals surface area (Å²) in [5.41, 5.74) is 0.151. The van der Waals surface area contributed by atoms with Gasteiger partial charge >= 0.3 is 12.3 Å². The van der Waals surface area contributed by atoms with Gasteiger partial charge < -0.3 is 20.7 Å². The molecule has 156 valence electrons. The quantitative estimate of drug-likeness (QED) is 0.463. The topological polar surface area (TPSA) is 74.8 Å². The second kappa shape index (κ2) is 10.2. The third-order valence-corrected chi connectivity index (χ3v) is 4.47. The Kier molecular flexibility index (Phi) is 7.95. The number of carbonyl (C=O) groups excluding carboxylic acids is 1. The molecule has 2 rings (SSSR count). The highest BCUT2D eigenvalue weighted by Crippen LogP contribution is 2.32. The van der Waals surface area contributed by atoms with Crippen molar-refractivity contribution < 1.29 is 22.7 Å². The van der Waals surface area contributed by atoms with Crippen LogP contribution in [-0.4, -0.2) is 44.8 Å². The molecule has 28 heavy (non-hydrogen) atoms. The molecule has 1 amide bonds. The normalized spacial score (nSPS) is 15.7. The molecule has 0 saturated heterocycles. The molecule has 3 N–H and O–H groups in total. The maximum Gasteiger partial charge on any atom is 0.416 e. The smallest absolute Gasteiger partial charge is 0.416 e. The number of alkyl carbamates (subject to hydrolysis) is 1. The van der Waals surface area contributed by atoms with Gasteiger partial charge in [0.25, 0.3) is 0 Å². The number of halogens is 3. The van der Waals surface area contributed by atoms with Crippen molar-refractivity contribution in [3.05, 3.63) is 35.4 Å². The summed E-state index contributed by atoms with van der Waals surface area (Å²) in [6.07, 6.45) is -2.05. The molecular weight excluding hydrogens is 373 g/mol. The first-order chi connectivity index (χ1) is 13.3. The molecule has 1 unspecified atom stereocenters. The number of nitrogens with one attached hydrogen (secondary N) is 3. The Morgan fingerprint density at radius 2 is 1.93 bits per heavy atom. The fraction of sp³-hybridized carbons (Fsp3) is 0.579. The van der Waals surface area contributed by atoms with Crippen LogP contribution in [0.3, 0.4) is 0 Å². The Labute approximate surface area is 162 Å². The largest absolute Gasteiger partial charge is 0.450 e. The average Bonchev–Trinajstić information content (AvgIpc) is 3.48. The Bertz CT molecular complexity index is 658. The van der Waals surface area contributed by atoms with Crippen LogP contribution in [0.2, 0.25) is 0 Å². The Morgan fingerprint density at radius 1 is 1.25 bits per heavy atom. The number of carbonyl (C=O) groups is 1. The van der Waals surface area contributed by atoms with Gasteiger partial charge in [0.1, 0.15) is 0 Å². The van der Waals surface area contributed by atoms with Crippen molar-refractivity contribution in [3.63, 3.8) is 0 Å². The van der Waals surface area contributed by atoms with Gasteiger partial charge in [-0.3, -0.25) is 4.99 Å². The fourth-order valence-corrected chi connectivity index (χ4v) is 2.77. The average molecular weight is 400 g/mol. The molecule has 0 radical (unpaired) electrons. The molecule has 0 heterocycles. The lowest BCUT2D eigenvalue weighted by Crippen LogP contribution is -2.48. The minimum atomic E-state index is -4.32. The number of aliphatic imine (C=N–C) groups is 1. The van der Waals surface area contributed by atoms with Crippen LogP contribution in [0, 0.1) is 5.92 Å². The SMILES string of the molecule is CCOC(=O)NC(CNC(=NC)NCCc1ccc(C(F)(F)F)cc1)C1CC1. The van der Waals surface area contributed by atoms with Crippen LogP contribution in [0.25, 0.3) is 0 Å². The predicted octanol–water partition coefficient (Wildman–Crippen LogP) is 2.94. The molecule has 0 spiro atoms. The van der Waals surface area contributed by atoms with E-state index in [2.05, 4.69) is 20.9 Å². The number of guanidine groups is 1. The molecule has 1 saturated carbocycles. The maximum atomic E-state index is 12.6. The van der Waals surface area contributed by atoms with Crippen molar-refractivity contribution in [2.45, 2.75) is 38.4 Å². The van der Waals surface area contributed by atoms with Crippen molar-refractivity contribution in [2.75, 3.05) is 26.7 Å². The van der Waals surface area contributed by atoms with Gasteiger partial charge in [-0.15, -0.1) is 0 Å². The van der Waals surface area contributed by atoms with Gasteiger partial charge in [-0.1, -0.05) is 12.1 Å². The van der Waals surface area contributed by atoms with E-state index in [-0.39, 0.29) is 6.04 Å². The van der Waals surface area contributed by atoms with Crippen molar-refractivity contribution in [3.8, 4) is 0 Å². The number of hydrogen-bond donors (Lipinski definition) is 3. The standard InChI is InChI=1S/C19H27F3N4O2/c1-3-28-18(27)26-16(14-6-7-14)12-25-17(23-2)24-11-10-13-4-8-15(9-5-13)19(20,21)22/h4-5,8-9,14,16H,3,6-7,10-12H2,1-2H3,(H,26,27)(H2,23,24,25). The fourth-order valence-electron chi connectivity index (χ4n) is 2.77. The minimum absolute atomic E-state index is 0.0347. The first-order valence-corrected chi connectivity index (χ1v) is 9.37. The number of alkyl halides is 3. The highest BCUT2D eigenvalue weighted by atomic mass is 19.4. The summed E-state index contributed by atoms with van der Waals surface area (Å²) in [6, 6.07) is 5.10. The molecule has 1 aliphatic rings. The second-order valence-corrected chi connectivity index (χ2v) is 6.63. The van der Waals surface area contributed by atoms with E-state index in [1.54, 1.807) is 14.0 Å². The highest BCUT2D eigenvalue weighted by molar-refractivity contribution is 5.79. The molecule has 1 atom stereocenters. The van der Waals surface area contributed by atoms with E-state index < -0.39 is 17.8 Å². The number of nitrogens with zero attached hydrogens (tertiary/aromatic N) is 1. The first-order valence-electron chi connectivity index (χ1n) is 9.37. The molecule has 0 bridgehead atoms. The van der Waals surface area contributed by atoms with Gasteiger partial charge in [0.15, 0.2) is 5.96 Å². The van der Waals surface area contributed by atoms with Crippen LogP contribution in [0.1, 0.15) is 30.9 Å². The van der Waals surface area contributed by atoms with Crippen molar-refractivity contribution >= 4 is 12.1 Å². The van der Waals surface area contributed by atoms with Crippen LogP contribution in [0.4, 0.5) is 18.0 Å². The summed E-state index contributed by atoms with van der Waals surface area (Å²) < 4.78 is 42.7. The van der Waals surface area contributed by atoms with E-state index in [4.69, 9.17) is 4.74 Å². The Balaban J connectivity index is 1.75. The van der Waals surface area contributed by atoms with E-state index in [1.807, 2.05) is 0 Å². The molecule has 0 aliphatic heterocycles. The third-order valence-electron chi connectivity index (χ3n) is 4.47. The van der Waals surface area contributed by atoms with Crippen molar-refractivity contribution in [1.82, 2.24) is 16.0 Å². The van der Waals surface area contributed by atoms with Crippen molar-refractivity contribution in [2.24, 2.45) is 10.9 Å². The van der Waals surface area contributed by atoms with Crippen LogP contribution < -0.4 is 16.0 Å². The first kappa shape index (κ1) is 21.8. The molecule has 0 aromatic heterocycles. The molecular formula is C19H27F3N4O2. The van der Waals surface area contributed by atoms with Crippen LogP contribution in [-0.2, 0) is 17.3 Å². The van der Waals surface area contributed by atoms with Crippen LogP contribution >= 0.6 is 0 Å². The summed E-state index contributed by atoms with van der Waals surface area (Å²) in [5.74, 6) is 1.00. The number of benzene rings is 1. The maximum absolute atomic E-state index is 12.6. The summed E-state index contributed by atoms with van der Waals surface area (Å²) in [4.78, 5) is 15.8. The van der Waals surface area contributed by atoms with E-state index in [0.29, 0.717) is 38.0 Å². The Morgan fingerprint density at radius 3 is 2.46 bits per heavy atom. The third kappa shape index (κ3) is 7.28. The zero-order valence-corrected chi connectivity index (χ0v) is 16.1. The molecule has 1 aliphatic carbocycles. The van der Waals surface area contributed by atoms with E-state index in [1.165, 1.54) is 12.1 Å². The molecule has 1 aromatic carbocycles. The Hall–Kier alpha value is -2.45. The van der Waals surface area contributed by atoms with E-state index in [9.17, 15) is 18.0 Å². The van der Waals surface area contributed by atoms with Gasteiger partial charge in [-0.2, -0.15) is 13.2 Å². The monoisotopic (exact) mass is 400 g/mol. The molecule has 1 fully saturated rings. The zero-order chi connectivity index (χ0) is 20.6. The van der Waals surface area contributed by atoms with Gasteiger partial charge in [0, 0.05) is 20.1 Å². The number of amides is 1. The summed E-state index contributed by atoms with van der Waals surface area (Å²) in [5, 5.41) is 9.16. The van der Waals surface area contributed by atoms with Crippen LogP contribution in [0.15, 0.2) is 29.3 Å². The van der Waals surface area contributed by atoms with Gasteiger partial charge in [-0.05, 0) is 49.8 Å². The lowest BCUT2D eigenvalue weighted by Gasteiger charge is -2.20. The highest BCUT2D eigenvalue weighted by Gasteiger charge is 2.32. The van der Waals surface area contributed by atoms with Crippen LogP contribution in [0.5, 0.6) is 0 Å². The second-order valence-electron chi connectivity index (χ2n) is 6.63. The van der Waals surface area contributed by atoms with Crippen molar-refractivity contribution in [1.29, 1.82) is 0 Å². The van der Waals surface area contributed by atoms with Gasteiger partial charge in [0.05, 0.1) is 18.2 Å². The zero-order valence-electron chi connectivity index (χ0n) is 16.1. The number of rotatable bonds is 8. The molecule has 9 heteroatoms. The number of hydrogen-bond acceptors (Lipinski definition) is 3. The predicted molar refractivity (Wildman–Crippen MR) is 101 cm³/mol. The van der Waals surface area contributed by atoms with Gasteiger partial charge in [0.2, 0.25) is 0 Å². The summed E-state index contributed by atoms with van der Waals surface area (Å²) in [6.45, 7) is 3.12. The minimum Gasteiger partial charge on any atom is -0.450 e.